The molecule has 1 fully saturated rings. The minimum atomic E-state index is -0.120. The molecule has 0 saturated heterocycles. The number of fused-ring (bicyclic) bond motifs is 1. The third-order valence-corrected chi connectivity index (χ3v) is 5.90. The predicted molar refractivity (Wildman–Crippen MR) is 111 cm³/mol. The second-order valence-corrected chi connectivity index (χ2v) is 7.87. The smallest absolute Gasteiger partial charge is 0.267 e. The molecule has 3 aromatic rings. The molecule has 4 heterocycles. The van der Waals surface area contributed by atoms with E-state index in [0.717, 1.165) is 43.4 Å². The zero-order valence-corrected chi connectivity index (χ0v) is 16.9. The maximum atomic E-state index is 12.4. The summed E-state index contributed by atoms with van der Waals surface area (Å²) < 4.78 is 8.57. The van der Waals surface area contributed by atoms with E-state index in [-0.39, 0.29) is 17.6 Å². The van der Waals surface area contributed by atoms with Crippen molar-refractivity contribution in [2.45, 2.75) is 50.8 Å². The van der Waals surface area contributed by atoms with E-state index in [0.29, 0.717) is 30.4 Å². The Morgan fingerprint density at radius 2 is 2.10 bits per heavy atom. The van der Waals surface area contributed by atoms with Gasteiger partial charge in [-0.3, -0.25) is 4.79 Å². The number of nitriles is 1. The van der Waals surface area contributed by atoms with Gasteiger partial charge in [0.05, 0.1) is 30.5 Å². The van der Waals surface area contributed by atoms with Gasteiger partial charge in [0.25, 0.3) is 5.56 Å². The molecule has 10 heteroatoms. The Labute approximate surface area is 178 Å². The van der Waals surface area contributed by atoms with Gasteiger partial charge in [0.2, 0.25) is 0 Å². The van der Waals surface area contributed by atoms with E-state index in [9.17, 15) is 10.1 Å². The van der Waals surface area contributed by atoms with Crippen LogP contribution in [-0.2, 0) is 17.8 Å². The molecule has 0 bridgehead atoms. The number of aromatic nitrogens is 6. The van der Waals surface area contributed by atoms with Crippen LogP contribution in [0.25, 0.3) is 5.82 Å². The Morgan fingerprint density at radius 3 is 2.87 bits per heavy atom. The minimum Gasteiger partial charge on any atom is -0.376 e. The summed E-state index contributed by atoms with van der Waals surface area (Å²) in [5, 5.41) is 21.6. The van der Waals surface area contributed by atoms with Crippen molar-refractivity contribution in [3.05, 3.63) is 58.0 Å². The Bertz CT molecular complexity index is 1170. The maximum absolute atomic E-state index is 12.4. The molecule has 5 rings (SSSR count). The third kappa shape index (κ3) is 3.92. The van der Waals surface area contributed by atoms with Crippen LogP contribution in [0.3, 0.4) is 0 Å². The van der Waals surface area contributed by atoms with Crippen molar-refractivity contribution in [3.63, 3.8) is 0 Å². The van der Waals surface area contributed by atoms with Gasteiger partial charge < -0.3 is 10.1 Å². The van der Waals surface area contributed by atoms with Crippen molar-refractivity contribution >= 4 is 5.82 Å². The number of nitrogens with one attached hydrogen (secondary N) is 1. The van der Waals surface area contributed by atoms with E-state index < -0.39 is 0 Å². The van der Waals surface area contributed by atoms with Gasteiger partial charge in [-0.2, -0.15) is 10.4 Å². The second kappa shape index (κ2) is 8.28. The number of rotatable bonds is 4. The molecule has 1 saturated carbocycles. The standard InChI is InChI=1S/C21H22N8O2/c22-10-14-9-15-11-31-8-7-18(15)26-21(14)25-16-1-3-17(4-2-16)29-20(30)6-5-19(27-29)28-13-23-12-24-28/h5-6,9,12-13,16-17H,1-4,7-8,11H2,(H,25,26). The molecule has 158 valence electrons. The van der Waals surface area contributed by atoms with E-state index in [4.69, 9.17) is 9.72 Å². The van der Waals surface area contributed by atoms with Gasteiger partial charge in [-0.1, -0.05) is 0 Å². The van der Waals surface area contributed by atoms with Crippen LogP contribution < -0.4 is 10.9 Å². The molecule has 0 radical (unpaired) electrons. The summed E-state index contributed by atoms with van der Waals surface area (Å²) in [6.07, 6.45) is 7.10. The number of nitrogens with zero attached hydrogens (tertiary/aromatic N) is 7. The molecule has 31 heavy (non-hydrogen) atoms. The van der Waals surface area contributed by atoms with Crippen molar-refractivity contribution in [2.24, 2.45) is 0 Å². The highest BCUT2D eigenvalue weighted by Gasteiger charge is 2.25. The zero-order valence-electron chi connectivity index (χ0n) is 16.9. The van der Waals surface area contributed by atoms with E-state index in [1.54, 1.807) is 21.8 Å². The molecule has 2 aliphatic rings. The second-order valence-electron chi connectivity index (χ2n) is 7.87. The summed E-state index contributed by atoms with van der Waals surface area (Å²) in [4.78, 5) is 21.1. The zero-order chi connectivity index (χ0) is 21.2. The molecule has 1 aliphatic carbocycles. The average Bonchev–Trinajstić information content (AvgIpc) is 3.34. The fourth-order valence-electron chi connectivity index (χ4n) is 4.26. The van der Waals surface area contributed by atoms with E-state index in [1.807, 2.05) is 6.07 Å². The fraction of sp³-hybridized carbons (Fsp3) is 0.429. The number of hydrogen-bond acceptors (Lipinski definition) is 8. The van der Waals surface area contributed by atoms with E-state index >= 15 is 0 Å². The Kier molecular flexibility index (Phi) is 5.18. The molecule has 0 aromatic carbocycles. The van der Waals surface area contributed by atoms with E-state index in [2.05, 4.69) is 26.6 Å². The van der Waals surface area contributed by atoms with Crippen LogP contribution in [0.5, 0.6) is 0 Å². The number of hydrogen-bond donors (Lipinski definition) is 1. The van der Waals surface area contributed by atoms with Gasteiger partial charge in [-0.25, -0.2) is 19.3 Å². The van der Waals surface area contributed by atoms with Gasteiger partial charge in [0, 0.05) is 24.1 Å². The van der Waals surface area contributed by atoms with Crippen LogP contribution in [0.2, 0.25) is 0 Å². The predicted octanol–water partition coefficient (Wildman–Crippen LogP) is 1.76. The van der Waals surface area contributed by atoms with Crippen molar-refractivity contribution in [2.75, 3.05) is 11.9 Å². The van der Waals surface area contributed by atoms with Crippen LogP contribution >= 0.6 is 0 Å². The third-order valence-electron chi connectivity index (χ3n) is 5.90. The lowest BCUT2D eigenvalue weighted by Crippen LogP contribution is -2.34. The Hall–Kier alpha value is -3.58. The highest BCUT2D eigenvalue weighted by molar-refractivity contribution is 5.55. The highest BCUT2D eigenvalue weighted by atomic mass is 16.5. The lowest BCUT2D eigenvalue weighted by Gasteiger charge is -2.30. The summed E-state index contributed by atoms with van der Waals surface area (Å²) in [5.41, 5.74) is 2.42. The van der Waals surface area contributed by atoms with Crippen LogP contribution in [0.1, 0.15) is 48.5 Å². The lowest BCUT2D eigenvalue weighted by molar-refractivity contribution is 0.109. The molecule has 0 unspecified atom stereocenters. The molecule has 3 aromatic heterocycles. The molecule has 0 amide bonds. The first-order valence-corrected chi connectivity index (χ1v) is 10.4. The first-order valence-electron chi connectivity index (χ1n) is 10.4. The van der Waals surface area contributed by atoms with Crippen LogP contribution in [0.4, 0.5) is 5.82 Å². The van der Waals surface area contributed by atoms with Crippen LogP contribution in [0, 0.1) is 11.3 Å². The Balaban J connectivity index is 1.29. The van der Waals surface area contributed by atoms with Gasteiger partial charge in [-0.15, -0.1) is 5.10 Å². The van der Waals surface area contributed by atoms with Crippen molar-refractivity contribution < 1.29 is 4.74 Å². The molecule has 1 N–H and O–H groups in total. The molecule has 0 spiro atoms. The fourth-order valence-corrected chi connectivity index (χ4v) is 4.26. The van der Waals surface area contributed by atoms with Crippen LogP contribution in [0.15, 0.2) is 35.6 Å². The van der Waals surface area contributed by atoms with Crippen molar-refractivity contribution in [1.82, 2.24) is 29.5 Å². The largest absolute Gasteiger partial charge is 0.376 e. The maximum Gasteiger partial charge on any atom is 0.267 e. The summed E-state index contributed by atoms with van der Waals surface area (Å²) in [7, 11) is 0. The lowest BCUT2D eigenvalue weighted by atomic mass is 9.91. The molecule has 10 nitrogen and oxygen atoms in total. The van der Waals surface area contributed by atoms with E-state index in [1.165, 1.54) is 12.4 Å². The van der Waals surface area contributed by atoms with Gasteiger partial charge >= 0.3 is 0 Å². The summed E-state index contributed by atoms with van der Waals surface area (Å²) in [5.74, 6) is 1.22. The van der Waals surface area contributed by atoms with Crippen molar-refractivity contribution in [3.8, 4) is 11.9 Å². The normalized spacial score (nSPS) is 20.6. The first kappa shape index (κ1) is 19.4. The average molecular weight is 418 g/mol. The summed E-state index contributed by atoms with van der Waals surface area (Å²) >= 11 is 0. The number of ether oxygens (including phenoxy) is 1. The quantitative estimate of drug-likeness (QED) is 0.680. The molecule has 1 aliphatic heterocycles. The highest BCUT2D eigenvalue weighted by Crippen LogP contribution is 2.30. The van der Waals surface area contributed by atoms with Gasteiger partial charge in [-0.05, 0) is 37.8 Å². The minimum absolute atomic E-state index is 0.0260. The summed E-state index contributed by atoms with van der Waals surface area (Å²) in [6, 6.07) is 7.53. The van der Waals surface area contributed by atoms with Crippen LogP contribution in [-0.4, -0.2) is 42.2 Å². The molecule has 0 atom stereocenters. The monoisotopic (exact) mass is 418 g/mol. The Morgan fingerprint density at radius 1 is 1.23 bits per heavy atom. The van der Waals surface area contributed by atoms with Gasteiger partial charge in [0.1, 0.15) is 24.5 Å². The topological polar surface area (TPSA) is 124 Å². The summed E-state index contributed by atoms with van der Waals surface area (Å²) in [6.45, 7) is 1.17. The number of pyridine rings is 1. The number of anilines is 1. The van der Waals surface area contributed by atoms with Crippen molar-refractivity contribution in [1.29, 1.82) is 5.26 Å². The molecular weight excluding hydrogens is 396 g/mol. The SMILES string of the molecule is N#Cc1cc2c(nc1NC1CCC(n3nc(-n4cncn4)ccc3=O)CC1)CCOC2. The molecular formula is C21H22N8O2. The first-order chi connectivity index (χ1) is 15.2. The van der Waals surface area contributed by atoms with Gasteiger partial charge in [0.15, 0.2) is 5.82 Å².